The van der Waals surface area contributed by atoms with Crippen LogP contribution in [0.4, 0.5) is 8.78 Å². The van der Waals surface area contributed by atoms with Gasteiger partial charge in [0.25, 0.3) is 5.92 Å². The highest BCUT2D eigenvalue weighted by Gasteiger charge is 2.49. The Labute approximate surface area is 62.2 Å². The van der Waals surface area contributed by atoms with Crippen molar-refractivity contribution in [3.8, 4) is 0 Å². The zero-order chi connectivity index (χ0) is 8.65. The Kier molecular flexibility index (Phi) is 1.83. The van der Waals surface area contributed by atoms with Crippen molar-refractivity contribution in [2.24, 2.45) is 11.7 Å². The molecule has 0 amide bonds. The molecule has 11 heavy (non-hydrogen) atoms. The molecule has 1 rings (SSSR count). The summed E-state index contributed by atoms with van der Waals surface area (Å²) in [5.41, 5.74) is 5.03. The predicted molar refractivity (Wildman–Crippen MR) is 33.3 cm³/mol. The third-order valence-corrected chi connectivity index (χ3v) is 1.95. The van der Waals surface area contributed by atoms with Crippen LogP contribution in [0, 0.1) is 5.92 Å². The van der Waals surface area contributed by atoms with E-state index in [1.807, 2.05) is 0 Å². The van der Waals surface area contributed by atoms with Crippen LogP contribution in [0.15, 0.2) is 0 Å². The first kappa shape index (κ1) is 8.39. The maximum Gasteiger partial charge on any atom is 0.306 e. The second-order valence-electron chi connectivity index (χ2n) is 2.84. The average molecular weight is 165 g/mol. The fourth-order valence-corrected chi connectivity index (χ4v) is 1.23. The maximum atomic E-state index is 12.6. The van der Waals surface area contributed by atoms with Gasteiger partial charge in [-0.15, -0.1) is 0 Å². The quantitative estimate of drug-likeness (QED) is 0.592. The molecule has 1 fully saturated rings. The summed E-state index contributed by atoms with van der Waals surface area (Å²) in [5, 5.41) is 8.37. The number of rotatable bonds is 1. The number of hydrogen-bond acceptors (Lipinski definition) is 2. The van der Waals surface area contributed by atoms with Gasteiger partial charge in [-0.3, -0.25) is 4.79 Å². The lowest BCUT2D eigenvalue weighted by Crippen LogP contribution is -2.34. The van der Waals surface area contributed by atoms with Crippen LogP contribution in [0.3, 0.4) is 0 Å². The number of aliphatic carboxylic acids is 1. The first-order valence-electron chi connectivity index (χ1n) is 3.29. The van der Waals surface area contributed by atoms with Crippen LogP contribution in [0.1, 0.15) is 12.8 Å². The van der Waals surface area contributed by atoms with Gasteiger partial charge in [0.1, 0.15) is 0 Å². The summed E-state index contributed by atoms with van der Waals surface area (Å²) in [6.07, 6.45) is -0.744. The Balaban J connectivity index is 2.64. The molecular formula is C6H9F2NO2. The van der Waals surface area contributed by atoms with Crippen molar-refractivity contribution < 1.29 is 18.7 Å². The van der Waals surface area contributed by atoms with E-state index in [0.717, 1.165) is 0 Å². The molecule has 5 heteroatoms. The Bertz CT molecular complexity index is 183. The SMILES string of the molecule is N[C@@H]1C[C@@H](C(=O)O)CC1(F)F. The Hall–Kier alpha value is -0.710. The zero-order valence-corrected chi connectivity index (χ0v) is 5.76. The lowest BCUT2D eigenvalue weighted by atomic mass is 10.1. The van der Waals surface area contributed by atoms with Gasteiger partial charge in [-0.05, 0) is 6.42 Å². The normalized spacial score (nSPS) is 35.5. The summed E-state index contributed by atoms with van der Waals surface area (Å²) in [6.45, 7) is 0. The minimum Gasteiger partial charge on any atom is -0.481 e. The lowest BCUT2D eigenvalue weighted by Gasteiger charge is -2.12. The highest BCUT2D eigenvalue weighted by Crippen LogP contribution is 2.37. The highest BCUT2D eigenvalue weighted by atomic mass is 19.3. The topological polar surface area (TPSA) is 63.3 Å². The number of nitrogens with two attached hydrogens (primary N) is 1. The fourth-order valence-electron chi connectivity index (χ4n) is 1.23. The Morgan fingerprint density at radius 3 is 2.36 bits per heavy atom. The van der Waals surface area contributed by atoms with Crippen LogP contribution in [0.25, 0.3) is 0 Å². The summed E-state index contributed by atoms with van der Waals surface area (Å²) in [7, 11) is 0. The van der Waals surface area contributed by atoms with Gasteiger partial charge in [0, 0.05) is 6.42 Å². The van der Waals surface area contributed by atoms with Gasteiger partial charge in [-0.1, -0.05) is 0 Å². The Morgan fingerprint density at radius 2 is 2.18 bits per heavy atom. The summed E-state index contributed by atoms with van der Waals surface area (Å²) >= 11 is 0. The van der Waals surface area contributed by atoms with E-state index in [-0.39, 0.29) is 6.42 Å². The number of carbonyl (C=O) groups is 1. The standard InChI is InChI=1S/C6H9F2NO2/c7-6(8)2-3(5(10)11)1-4(6)9/h3-4H,1-2,9H2,(H,10,11)/t3-,4-/m1/s1. The molecule has 1 saturated carbocycles. The fraction of sp³-hybridized carbons (Fsp3) is 0.833. The van der Waals surface area contributed by atoms with Crippen molar-refractivity contribution in [3.63, 3.8) is 0 Å². The average Bonchev–Trinajstić information content (AvgIpc) is 2.08. The van der Waals surface area contributed by atoms with E-state index in [4.69, 9.17) is 10.8 Å². The summed E-state index contributed by atoms with van der Waals surface area (Å²) < 4.78 is 25.1. The van der Waals surface area contributed by atoms with E-state index < -0.39 is 30.3 Å². The first-order valence-corrected chi connectivity index (χ1v) is 3.29. The predicted octanol–water partition coefficient (Wildman–Crippen LogP) is 0.444. The van der Waals surface area contributed by atoms with E-state index in [1.54, 1.807) is 0 Å². The molecule has 3 N–H and O–H groups in total. The molecule has 0 saturated heterocycles. The van der Waals surface area contributed by atoms with Gasteiger partial charge >= 0.3 is 5.97 Å². The van der Waals surface area contributed by atoms with Crippen molar-refractivity contribution >= 4 is 5.97 Å². The molecule has 0 spiro atoms. The number of hydrogen-bond donors (Lipinski definition) is 2. The molecule has 0 unspecified atom stereocenters. The number of carboxylic acid groups (broad SMARTS) is 1. The molecule has 3 nitrogen and oxygen atoms in total. The smallest absolute Gasteiger partial charge is 0.306 e. The van der Waals surface area contributed by atoms with Gasteiger partial charge in [0.05, 0.1) is 12.0 Å². The second-order valence-corrected chi connectivity index (χ2v) is 2.84. The molecule has 64 valence electrons. The summed E-state index contributed by atoms with van der Waals surface area (Å²) in [6, 6.07) is -1.29. The molecule has 0 aromatic heterocycles. The number of alkyl halides is 2. The van der Waals surface area contributed by atoms with E-state index in [2.05, 4.69) is 0 Å². The molecule has 1 aliphatic rings. The van der Waals surface area contributed by atoms with Crippen LogP contribution in [0.2, 0.25) is 0 Å². The summed E-state index contributed by atoms with van der Waals surface area (Å²) in [5.74, 6) is -5.15. The van der Waals surface area contributed by atoms with Crippen molar-refractivity contribution in [2.45, 2.75) is 24.8 Å². The maximum absolute atomic E-state index is 12.6. The second kappa shape index (κ2) is 2.41. The van der Waals surface area contributed by atoms with E-state index in [1.165, 1.54) is 0 Å². The van der Waals surface area contributed by atoms with Crippen LogP contribution < -0.4 is 5.73 Å². The van der Waals surface area contributed by atoms with Gasteiger partial charge in [0.2, 0.25) is 0 Å². The van der Waals surface area contributed by atoms with Gasteiger partial charge in [-0.2, -0.15) is 0 Å². The van der Waals surface area contributed by atoms with E-state index in [9.17, 15) is 13.6 Å². The third kappa shape index (κ3) is 1.48. The number of carboxylic acids is 1. The number of halogens is 2. The molecule has 2 atom stereocenters. The molecule has 0 aliphatic heterocycles. The van der Waals surface area contributed by atoms with Crippen molar-refractivity contribution in [3.05, 3.63) is 0 Å². The van der Waals surface area contributed by atoms with Gasteiger partial charge in [0.15, 0.2) is 0 Å². The molecule has 0 aromatic carbocycles. The lowest BCUT2D eigenvalue weighted by molar-refractivity contribution is -0.142. The monoisotopic (exact) mass is 165 g/mol. The molecule has 0 aromatic rings. The minimum absolute atomic E-state index is 0.123. The molecule has 0 heterocycles. The Morgan fingerprint density at radius 1 is 1.64 bits per heavy atom. The van der Waals surface area contributed by atoms with Crippen LogP contribution in [0.5, 0.6) is 0 Å². The van der Waals surface area contributed by atoms with E-state index >= 15 is 0 Å². The molecular weight excluding hydrogens is 156 g/mol. The van der Waals surface area contributed by atoms with Crippen LogP contribution in [-0.4, -0.2) is 23.0 Å². The van der Waals surface area contributed by atoms with Gasteiger partial charge < -0.3 is 10.8 Å². The van der Waals surface area contributed by atoms with Crippen molar-refractivity contribution in [1.82, 2.24) is 0 Å². The van der Waals surface area contributed by atoms with Crippen molar-refractivity contribution in [2.75, 3.05) is 0 Å². The molecule has 0 bridgehead atoms. The van der Waals surface area contributed by atoms with Gasteiger partial charge in [-0.25, -0.2) is 8.78 Å². The summed E-state index contributed by atoms with van der Waals surface area (Å²) in [4.78, 5) is 10.2. The largest absolute Gasteiger partial charge is 0.481 e. The first-order chi connectivity index (χ1) is 4.93. The van der Waals surface area contributed by atoms with E-state index in [0.29, 0.717) is 0 Å². The minimum atomic E-state index is -3.00. The molecule has 1 aliphatic carbocycles. The zero-order valence-electron chi connectivity index (χ0n) is 5.76. The highest BCUT2D eigenvalue weighted by molar-refractivity contribution is 5.70. The van der Waals surface area contributed by atoms with Crippen LogP contribution in [-0.2, 0) is 4.79 Å². The molecule has 0 radical (unpaired) electrons. The van der Waals surface area contributed by atoms with Crippen LogP contribution >= 0.6 is 0 Å². The van der Waals surface area contributed by atoms with Crippen molar-refractivity contribution in [1.29, 1.82) is 0 Å². The third-order valence-electron chi connectivity index (χ3n) is 1.95.